The summed E-state index contributed by atoms with van der Waals surface area (Å²) in [5, 5.41) is 0.767. The second kappa shape index (κ2) is 6.83. The molecule has 142 valence electrons. The highest BCUT2D eigenvalue weighted by Crippen LogP contribution is 2.34. The Morgan fingerprint density at radius 1 is 1.22 bits per heavy atom. The van der Waals surface area contributed by atoms with E-state index in [9.17, 15) is 14.4 Å². The molecule has 1 aliphatic carbocycles. The monoisotopic (exact) mass is 369 g/mol. The lowest BCUT2D eigenvalue weighted by Gasteiger charge is -2.23. The maximum absolute atomic E-state index is 12.6. The molecule has 1 atom stereocenters. The number of esters is 1. The Bertz CT molecular complexity index is 972. The summed E-state index contributed by atoms with van der Waals surface area (Å²) in [7, 11) is 0. The zero-order chi connectivity index (χ0) is 19.1. The van der Waals surface area contributed by atoms with Crippen molar-refractivity contribution in [3.05, 3.63) is 45.3 Å². The molecule has 1 unspecified atom stereocenters. The summed E-state index contributed by atoms with van der Waals surface area (Å²) in [6, 6.07) is 4.69. The quantitative estimate of drug-likeness (QED) is 0.612. The van der Waals surface area contributed by atoms with Gasteiger partial charge >= 0.3 is 11.6 Å². The van der Waals surface area contributed by atoms with Gasteiger partial charge in [-0.1, -0.05) is 12.1 Å². The maximum atomic E-state index is 12.6. The van der Waals surface area contributed by atoms with Gasteiger partial charge in [0.05, 0.1) is 0 Å². The van der Waals surface area contributed by atoms with Crippen molar-refractivity contribution in [1.29, 1.82) is 0 Å². The van der Waals surface area contributed by atoms with Gasteiger partial charge in [-0.15, -0.1) is 0 Å². The fraction of sp³-hybridized carbons (Fsp3) is 0.476. The minimum absolute atomic E-state index is 0.00854. The van der Waals surface area contributed by atoms with Crippen molar-refractivity contribution >= 4 is 22.8 Å². The molecule has 27 heavy (non-hydrogen) atoms. The van der Waals surface area contributed by atoms with Gasteiger partial charge in [0, 0.05) is 29.5 Å². The number of hydrogen-bond donors (Lipinski definition) is 0. The predicted molar refractivity (Wildman–Crippen MR) is 99.2 cm³/mol. The van der Waals surface area contributed by atoms with Crippen LogP contribution in [-0.2, 0) is 20.9 Å². The maximum Gasteiger partial charge on any atom is 0.336 e. The molecule has 0 bridgehead atoms. The standard InChI is InChI=1S/C21H23NO5/c1-12-5-8-16-15(10-18(23)27-19(16)13(12)2)11-26-21(25)17-4-3-9-22(17)20(24)14-6-7-14/h5,8,10,14,17H,3-4,6-7,9,11H2,1-2H3. The summed E-state index contributed by atoms with van der Waals surface area (Å²) in [5.74, 6) is -0.231. The van der Waals surface area contributed by atoms with Crippen molar-refractivity contribution in [2.45, 2.75) is 52.2 Å². The Labute approximate surface area is 157 Å². The number of aryl methyl sites for hydroxylation is 2. The van der Waals surface area contributed by atoms with Crippen LogP contribution in [0.25, 0.3) is 11.0 Å². The van der Waals surface area contributed by atoms with Crippen molar-refractivity contribution in [3.63, 3.8) is 0 Å². The number of nitrogens with zero attached hydrogens (tertiary/aromatic N) is 1. The lowest BCUT2D eigenvalue weighted by Crippen LogP contribution is -2.42. The third-order valence-corrected chi connectivity index (χ3v) is 5.62. The van der Waals surface area contributed by atoms with E-state index in [4.69, 9.17) is 9.15 Å². The normalized spacial score (nSPS) is 19.5. The van der Waals surface area contributed by atoms with E-state index in [2.05, 4.69) is 0 Å². The van der Waals surface area contributed by atoms with Gasteiger partial charge < -0.3 is 14.1 Å². The molecule has 6 nitrogen and oxygen atoms in total. The molecule has 6 heteroatoms. The van der Waals surface area contributed by atoms with Gasteiger partial charge in [-0.3, -0.25) is 4.79 Å². The van der Waals surface area contributed by atoms with Crippen molar-refractivity contribution in [1.82, 2.24) is 4.90 Å². The van der Waals surface area contributed by atoms with E-state index < -0.39 is 17.6 Å². The van der Waals surface area contributed by atoms with Crippen LogP contribution in [0.4, 0.5) is 0 Å². The second-order valence-electron chi connectivity index (χ2n) is 7.55. The summed E-state index contributed by atoms with van der Waals surface area (Å²) in [4.78, 5) is 38.6. The van der Waals surface area contributed by atoms with Gasteiger partial charge in [0.1, 0.15) is 18.2 Å². The first-order valence-electron chi connectivity index (χ1n) is 9.46. The van der Waals surface area contributed by atoms with Gasteiger partial charge in [0.25, 0.3) is 0 Å². The van der Waals surface area contributed by atoms with Crippen molar-refractivity contribution in [3.8, 4) is 0 Å². The van der Waals surface area contributed by atoms with Gasteiger partial charge in [-0.2, -0.15) is 0 Å². The van der Waals surface area contributed by atoms with Crippen LogP contribution in [-0.4, -0.2) is 29.4 Å². The topological polar surface area (TPSA) is 76.8 Å². The number of rotatable bonds is 4. The Kier molecular flexibility index (Phi) is 4.50. The minimum atomic E-state index is -0.506. The van der Waals surface area contributed by atoms with E-state index in [0.29, 0.717) is 24.1 Å². The molecule has 1 aromatic carbocycles. The molecule has 0 radical (unpaired) electrons. The molecule has 1 saturated heterocycles. The van der Waals surface area contributed by atoms with Crippen LogP contribution in [0.2, 0.25) is 0 Å². The van der Waals surface area contributed by atoms with Crippen LogP contribution in [0.3, 0.4) is 0 Å². The molecule has 2 aliphatic rings. The molecule has 2 heterocycles. The van der Waals surface area contributed by atoms with E-state index in [0.717, 1.165) is 35.8 Å². The van der Waals surface area contributed by atoms with Crippen LogP contribution < -0.4 is 5.63 Å². The van der Waals surface area contributed by atoms with E-state index >= 15 is 0 Å². The Morgan fingerprint density at radius 2 is 2.00 bits per heavy atom. The summed E-state index contributed by atoms with van der Waals surface area (Å²) in [6.45, 7) is 4.46. The first-order chi connectivity index (χ1) is 13.0. The number of carbonyl (C=O) groups is 2. The SMILES string of the molecule is Cc1ccc2c(COC(=O)C3CCCN3C(=O)C3CC3)cc(=O)oc2c1C. The molecule has 0 N–H and O–H groups in total. The first kappa shape index (κ1) is 17.8. The van der Waals surface area contributed by atoms with Crippen LogP contribution in [0.15, 0.2) is 27.4 Å². The minimum Gasteiger partial charge on any atom is -0.459 e. The number of likely N-dealkylation sites (tertiary alicyclic amines) is 1. The van der Waals surface area contributed by atoms with Crippen molar-refractivity contribution in [2.24, 2.45) is 5.92 Å². The van der Waals surface area contributed by atoms with Crippen LogP contribution in [0, 0.1) is 19.8 Å². The highest BCUT2D eigenvalue weighted by molar-refractivity contribution is 5.88. The summed E-state index contributed by atoms with van der Waals surface area (Å²) in [5.41, 5.74) is 2.61. The highest BCUT2D eigenvalue weighted by atomic mass is 16.5. The zero-order valence-electron chi connectivity index (χ0n) is 15.6. The second-order valence-corrected chi connectivity index (χ2v) is 7.55. The summed E-state index contributed by atoms with van der Waals surface area (Å²) < 4.78 is 10.9. The lowest BCUT2D eigenvalue weighted by atomic mass is 10.0. The average molecular weight is 369 g/mol. The predicted octanol–water partition coefficient (Wildman–Crippen LogP) is 2.85. The van der Waals surface area contributed by atoms with E-state index in [1.54, 1.807) is 4.90 Å². The first-order valence-corrected chi connectivity index (χ1v) is 9.46. The molecule has 4 rings (SSSR count). The summed E-state index contributed by atoms with van der Waals surface area (Å²) in [6.07, 6.45) is 3.28. The van der Waals surface area contributed by atoms with Gasteiger partial charge in [-0.25, -0.2) is 9.59 Å². The molecular formula is C21H23NO5. The van der Waals surface area contributed by atoms with Crippen LogP contribution in [0.1, 0.15) is 42.4 Å². The van der Waals surface area contributed by atoms with Gasteiger partial charge in [0.15, 0.2) is 0 Å². The molecule has 1 saturated carbocycles. The third kappa shape index (κ3) is 3.36. The molecule has 0 spiro atoms. The number of carbonyl (C=O) groups excluding carboxylic acids is 2. The Balaban J connectivity index is 1.53. The average Bonchev–Trinajstić information content (AvgIpc) is 3.38. The van der Waals surface area contributed by atoms with Crippen molar-refractivity contribution in [2.75, 3.05) is 6.54 Å². The van der Waals surface area contributed by atoms with Gasteiger partial charge in [-0.05, 0) is 50.7 Å². The van der Waals surface area contributed by atoms with Gasteiger partial charge in [0.2, 0.25) is 5.91 Å². The summed E-state index contributed by atoms with van der Waals surface area (Å²) >= 11 is 0. The van der Waals surface area contributed by atoms with Crippen molar-refractivity contribution < 1.29 is 18.7 Å². The molecule has 1 aromatic heterocycles. The number of hydrogen-bond acceptors (Lipinski definition) is 5. The van der Waals surface area contributed by atoms with E-state index in [-0.39, 0.29) is 18.4 Å². The lowest BCUT2D eigenvalue weighted by molar-refractivity contribution is -0.154. The molecule has 2 fully saturated rings. The zero-order valence-corrected chi connectivity index (χ0v) is 15.6. The smallest absolute Gasteiger partial charge is 0.336 e. The largest absolute Gasteiger partial charge is 0.459 e. The van der Waals surface area contributed by atoms with E-state index in [1.165, 1.54) is 6.07 Å². The van der Waals surface area contributed by atoms with Crippen LogP contribution in [0.5, 0.6) is 0 Å². The Hall–Kier alpha value is -2.63. The Morgan fingerprint density at radius 3 is 2.74 bits per heavy atom. The molecule has 2 aromatic rings. The molecule has 1 amide bonds. The number of fused-ring (bicyclic) bond motifs is 1. The fourth-order valence-corrected chi connectivity index (χ4v) is 3.73. The molecule has 1 aliphatic heterocycles. The number of amides is 1. The highest BCUT2D eigenvalue weighted by Gasteiger charge is 2.41. The molecular weight excluding hydrogens is 346 g/mol. The van der Waals surface area contributed by atoms with E-state index in [1.807, 2.05) is 26.0 Å². The van der Waals surface area contributed by atoms with Crippen LogP contribution >= 0.6 is 0 Å². The third-order valence-electron chi connectivity index (χ3n) is 5.62. The number of ether oxygens (including phenoxy) is 1. The number of benzene rings is 1. The fourth-order valence-electron chi connectivity index (χ4n) is 3.73.